The minimum Gasteiger partial charge on any atom is -0.495 e. The van der Waals surface area contributed by atoms with Crippen molar-refractivity contribution < 1.29 is 23.8 Å². The van der Waals surface area contributed by atoms with Gasteiger partial charge in [0.15, 0.2) is 11.5 Å². The third-order valence-electron chi connectivity index (χ3n) is 7.62. The quantitative estimate of drug-likeness (QED) is 0.273. The molecule has 1 aromatic heterocycles. The predicted molar refractivity (Wildman–Crippen MR) is 167 cm³/mol. The van der Waals surface area contributed by atoms with Crippen molar-refractivity contribution in [3.05, 3.63) is 69.9 Å². The molecule has 0 bridgehead atoms. The van der Waals surface area contributed by atoms with Crippen LogP contribution in [0.1, 0.15) is 28.8 Å². The third kappa shape index (κ3) is 8.39. The molecule has 1 aliphatic heterocycles. The van der Waals surface area contributed by atoms with E-state index < -0.39 is 0 Å². The Kier molecular flexibility index (Phi) is 11.5. The molecular formula is C32H42N4O5S. The molecule has 10 heteroatoms. The standard InChI is InChI=1S/C32H42N4O5S/c1-24-14-20-42-30(24)22-35(17-13-25-11-12-28(40-3)29(21-25)41-4)31(37)23-36(19-18-34-15-7-8-16-34)32(38)33-26-9-5-6-10-27(26)39-2/h5-6,9-12,14,20-21H,7-8,13,15-19,22-23H2,1-4H3,(H,33,38). The van der Waals surface area contributed by atoms with Crippen LogP contribution in [0.15, 0.2) is 53.9 Å². The molecule has 0 spiro atoms. The third-order valence-corrected chi connectivity index (χ3v) is 8.63. The van der Waals surface area contributed by atoms with Gasteiger partial charge in [-0.25, -0.2) is 4.79 Å². The van der Waals surface area contributed by atoms with Gasteiger partial charge in [0.05, 0.1) is 33.6 Å². The molecule has 3 aromatic rings. The van der Waals surface area contributed by atoms with Crippen molar-refractivity contribution in [2.24, 2.45) is 0 Å². The van der Waals surface area contributed by atoms with E-state index in [9.17, 15) is 9.59 Å². The Hall–Kier alpha value is -3.76. The number of para-hydroxylation sites is 2. The number of rotatable bonds is 14. The fourth-order valence-electron chi connectivity index (χ4n) is 5.06. The van der Waals surface area contributed by atoms with Gasteiger partial charge in [0, 0.05) is 24.5 Å². The summed E-state index contributed by atoms with van der Waals surface area (Å²) in [6.07, 6.45) is 2.96. The van der Waals surface area contributed by atoms with E-state index in [2.05, 4.69) is 23.2 Å². The van der Waals surface area contributed by atoms with Gasteiger partial charge in [0.25, 0.3) is 0 Å². The first kappa shape index (κ1) is 31.2. The Bertz CT molecular complexity index is 1320. The van der Waals surface area contributed by atoms with Crippen molar-refractivity contribution in [1.29, 1.82) is 0 Å². The van der Waals surface area contributed by atoms with Crippen LogP contribution in [0.3, 0.4) is 0 Å². The summed E-state index contributed by atoms with van der Waals surface area (Å²) in [6, 6.07) is 14.9. The molecule has 4 rings (SSSR count). The van der Waals surface area contributed by atoms with E-state index in [-0.39, 0.29) is 18.5 Å². The van der Waals surface area contributed by atoms with Crippen LogP contribution in [0.2, 0.25) is 0 Å². The maximum absolute atomic E-state index is 13.9. The number of hydrogen-bond acceptors (Lipinski definition) is 7. The van der Waals surface area contributed by atoms with Crippen LogP contribution < -0.4 is 19.5 Å². The lowest BCUT2D eigenvalue weighted by Gasteiger charge is -2.29. The number of urea groups is 1. The van der Waals surface area contributed by atoms with Crippen molar-refractivity contribution in [3.8, 4) is 17.2 Å². The molecule has 2 aromatic carbocycles. The number of methoxy groups -OCH3 is 3. The fourth-order valence-corrected chi connectivity index (χ4v) is 5.98. The molecule has 2 heterocycles. The molecular weight excluding hydrogens is 552 g/mol. The monoisotopic (exact) mass is 594 g/mol. The minimum absolute atomic E-state index is 0.0226. The number of amides is 3. The number of hydrogen-bond donors (Lipinski definition) is 1. The number of aryl methyl sites for hydroxylation is 1. The zero-order chi connectivity index (χ0) is 29.9. The van der Waals surface area contributed by atoms with Gasteiger partial charge >= 0.3 is 6.03 Å². The molecule has 9 nitrogen and oxygen atoms in total. The summed E-state index contributed by atoms with van der Waals surface area (Å²) >= 11 is 1.64. The van der Waals surface area contributed by atoms with Crippen LogP contribution in [0, 0.1) is 6.92 Å². The molecule has 226 valence electrons. The lowest BCUT2D eigenvalue weighted by Crippen LogP contribution is -2.47. The van der Waals surface area contributed by atoms with E-state index in [0.717, 1.165) is 48.5 Å². The summed E-state index contributed by atoms with van der Waals surface area (Å²) in [5.74, 6) is 1.79. The summed E-state index contributed by atoms with van der Waals surface area (Å²) in [4.78, 5) is 34.5. The number of ether oxygens (including phenoxy) is 3. The zero-order valence-corrected chi connectivity index (χ0v) is 25.9. The Morgan fingerprint density at radius 1 is 0.905 bits per heavy atom. The van der Waals surface area contributed by atoms with Crippen molar-refractivity contribution in [2.45, 2.75) is 32.7 Å². The first-order valence-corrected chi connectivity index (χ1v) is 15.2. The molecule has 1 fully saturated rings. The Morgan fingerprint density at radius 3 is 2.33 bits per heavy atom. The topological polar surface area (TPSA) is 83.6 Å². The fraction of sp³-hybridized carbons (Fsp3) is 0.438. The second-order valence-electron chi connectivity index (χ2n) is 10.4. The molecule has 0 radical (unpaired) electrons. The van der Waals surface area contributed by atoms with Gasteiger partial charge in [-0.15, -0.1) is 11.3 Å². The van der Waals surface area contributed by atoms with E-state index in [1.807, 2.05) is 40.6 Å². The van der Waals surface area contributed by atoms with Crippen LogP contribution in [0.4, 0.5) is 10.5 Å². The number of carbonyl (C=O) groups excluding carboxylic acids is 2. The maximum atomic E-state index is 13.9. The first-order valence-electron chi connectivity index (χ1n) is 14.3. The van der Waals surface area contributed by atoms with Gasteiger partial charge < -0.3 is 34.2 Å². The number of nitrogens with one attached hydrogen (secondary N) is 1. The van der Waals surface area contributed by atoms with Crippen molar-refractivity contribution in [1.82, 2.24) is 14.7 Å². The highest BCUT2D eigenvalue weighted by Crippen LogP contribution is 2.28. The Balaban J connectivity index is 1.51. The summed E-state index contributed by atoms with van der Waals surface area (Å²) in [5.41, 5.74) is 2.76. The van der Waals surface area contributed by atoms with E-state index in [1.165, 1.54) is 0 Å². The molecule has 42 heavy (non-hydrogen) atoms. The Morgan fingerprint density at radius 2 is 1.64 bits per heavy atom. The number of carbonyl (C=O) groups is 2. The summed E-state index contributed by atoms with van der Waals surface area (Å²) in [7, 11) is 4.80. The van der Waals surface area contributed by atoms with Crippen molar-refractivity contribution in [2.75, 3.05) is 65.9 Å². The smallest absolute Gasteiger partial charge is 0.322 e. The van der Waals surface area contributed by atoms with Gasteiger partial charge in [-0.1, -0.05) is 18.2 Å². The number of anilines is 1. The van der Waals surface area contributed by atoms with Gasteiger partial charge in [-0.3, -0.25) is 4.79 Å². The predicted octanol–water partition coefficient (Wildman–Crippen LogP) is 5.28. The number of thiophene rings is 1. The zero-order valence-electron chi connectivity index (χ0n) is 25.1. The highest BCUT2D eigenvalue weighted by molar-refractivity contribution is 7.10. The van der Waals surface area contributed by atoms with Gasteiger partial charge in [0.2, 0.25) is 5.91 Å². The first-order chi connectivity index (χ1) is 20.4. The van der Waals surface area contributed by atoms with Gasteiger partial charge in [-0.05, 0) is 86.1 Å². The molecule has 1 saturated heterocycles. The Labute approximate surface area is 253 Å². The molecule has 0 saturated carbocycles. The highest BCUT2D eigenvalue weighted by Gasteiger charge is 2.24. The highest BCUT2D eigenvalue weighted by atomic mass is 32.1. The molecule has 0 aliphatic carbocycles. The van der Waals surface area contributed by atoms with Crippen LogP contribution in [0.25, 0.3) is 0 Å². The number of nitrogens with zero attached hydrogens (tertiary/aromatic N) is 3. The summed E-state index contributed by atoms with van der Waals surface area (Å²) in [6.45, 7) is 6.24. The lowest BCUT2D eigenvalue weighted by molar-refractivity contribution is -0.132. The van der Waals surface area contributed by atoms with Gasteiger partial charge in [0.1, 0.15) is 12.3 Å². The van der Waals surface area contributed by atoms with E-state index in [1.54, 1.807) is 49.7 Å². The van der Waals surface area contributed by atoms with Crippen molar-refractivity contribution in [3.63, 3.8) is 0 Å². The van der Waals surface area contributed by atoms with E-state index in [0.29, 0.717) is 49.0 Å². The average Bonchev–Trinajstić information content (AvgIpc) is 3.68. The molecule has 1 aliphatic rings. The summed E-state index contributed by atoms with van der Waals surface area (Å²) < 4.78 is 16.3. The van der Waals surface area contributed by atoms with Gasteiger partial charge in [-0.2, -0.15) is 0 Å². The van der Waals surface area contributed by atoms with E-state index >= 15 is 0 Å². The largest absolute Gasteiger partial charge is 0.495 e. The molecule has 0 atom stereocenters. The van der Waals surface area contributed by atoms with Crippen LogP contribution in [-0.4, -0.2) is 87.2 Å². The van der Waals surface area contributed by atoms with Crippen LogP contribution >= 0.6 is 11.3 Å². The maximum Gasteiger partial charge on any atom is 0.322 e. The van der Waals surface area contributed by atoms with Crippen molar-refractivity contribution >= 4 is 29.0 Å². The normalized spacial score (nSPS) is 13.0. The second kappa shape index (κ2) is 15.5. The second-order valence-corrected chi connectivity index (χ2v) is 11.4. The number of benzene rings is 2. The van der Waals surface area contributed by atoms with Crippen LogP contribution in [0.5, 0.6) is 17.2 Å². The molecule has 0 unspecified atom stereocenters. The average molecular weight is 595 g/mol. The minimum atomic E-state index is -0.320. The molecule has 3 amide bonds. The summed E-state index contributed by atoms with van der Waals surface area (Å²) in [5, 5.41) is 5.01. The lowest BCUT2D eigenvalue weighted by atomic mass is 10.1. The number of likely N-dealkylation sites (tertiary alicyclic amines) is 1. The SMILES string of the molecule is COc1ccccc1NC(=O)N(CCN1CCCC1)CC(=O)N(CCc1ccc(OC)c(OC)c1)Cc1sccc1C. The van der Waals surface area contributed by atoms with Crippen LogP contribution in [-0.2, 0) is 17.8 Å². The molecule has 1 N–H and O–H groups in total. The van der Waals surface area contributed by atoms with E-state index in [4.69, 9.17) is 14.2 Å².